The van der Waals surface area contributed by atoms with Crippen molar-refractivity contribution in [3.05, 3.63) is 69.5 Å². The number of rotatable bonds is 4. The maximum absolute atomic E-state index is 12.9. The lowest BCUT2D eigenvalue weighted by Crippen LogP contribution is -2.43. The lowest BCUT2D eigenvalue weighted by molar-refractivity contribution is -0.258. The first-order valence-electron chi connectivity index (χ1n) is 10.7. The Hall–Kier alpha value is -1.26. The van der Waals surface area contributed by atoms with Crippen molar-refractivity contribution in [3.63, 3.8) is 0 Å². The average molecular weight is 562 g/mol. The van der Waals surface area contributed by atoms with E-state index in [-0.39, 0.29) is 5.56 Å². The van der Waals surface area contributed by atoms with Crippen molar-refractivity contribution in [2.75, 3.05) is 31.1 Å². The van der Waals surface area contributed by atoms with Crippen LogP contribution in [-0.2, 0) is 5.60 Å². The zero-order valence-electron chi connectivity index (χ0n) is 18.6. The Morgan fingerprint density at radius 3 is 2.12 bits per heavy atom. The third kappa shape index (κ3) is 7.36. The summed E-state index contributed by atoms with van der Waals surface area (Å²) in [5, 5.41) is 9.75. The SMILES string of the molecule is CC(O)(c1ccc(N2CCN(Sc3ccc(Br)s3)CC2)cc1)C(F)(F)F.CC1=CCCC=C1. The van der Waals surface area contributed by atoms with E-state index >= 15 is 0 Å². The maximum atomic E-state index is 12.9. The first-order chi connectivity index (χ1) is 15.6. The molecule has 2 heterocycles. The van der Waals surface area contributed by atoms with Crippen molar-refractivity contribution in [2.24, 2.45) is 0 Å². The summed E-state index contributed by atoms with van der Waals surface area (Å²) in [7, 11) is 0. The Bertz CT molecular complexity index is 963. The first-order valence-corrected chi connectivity index (χ1v) is 13.1. The summed E-state index contributed by atoms with van der Waals surface area (Å²) in [5.74, 6) is 0. The van der Waals surface area contributed by atoms with Crippen LogP contribution in [0, 0.1) is 0 Å². The van der Waals surface area contributed by atoms with E-state index in [1.807, 2.05) is 6.07 Å². The molecule has 0 saturated carbocycles. The van der Waals surface area contributed by atoms with Crippen LogP contribution in [0.15, 0.2) is 68.2 Å². The van der Waals surface area contributed by atoms with Gasteiger partial charge in [0, 0.05) is 31.9 Å². The number of aliphatic hydroxyl groups is 1. The standard InChI is InChI=1S/C17H18BrF3N2OS2.C7H10/c1-16(24,17(19,20)21)12-2-4-13(5-3-12)22-8-10-23(11-9-22)26-15-7-6-14(18)25-15;1-7-5-3-2-4-6-7/h2-7,24H,8-11H2,1H3;3,5-6H,2,4H2,1H3. The maximum Gasteiger partial charge on any atom is 0.421 e. The number of thiophene rings is 1. The van der Waals surface area contributed by atoms with Crippen LogP contribution in [0.3, 0.4) is 0 Å². The van der Waals surface area contributed by atoms with Crippen LogP contribution in [-0.4, -0.2) is 41.8 Å². The lowest BCUT2D eigenvalue weighted by atomic mass is 9.95. The van der Waals surface area contributed by atoms with Gasteiger partial charge in [-0.15, -0.1) is 11.3 Å². The Labute approximate surface area is 210 Å². The zero-order chi connectivity index (χ0) is 24.1. The van der Waals surface area contributed by atoms with E-state index in [0.29, 0.717) is 0 Å². The Kier molecular flexibility index (Phi) is 9.14. The largest absolute Gasteiger partial charge is 0.421 e. The van der Waals surface area contributed by atoms with Gasteiger partial charge in [0.15, 0.2) is 5.60 Å². The Morgan fingerprint density at radius 2 is 1.67 bits per heavy atom. The number of hydrogen-bond acceptors (Lipinski definition) is 5. The van der Waals surface area contributed by atoms with Crippen LogP contribution in [0.5, 0.6) is 0 Å². The van der Waals surface area contributed by atoms with Crippen LogP contribution in [0.4, 0.5) is 18.9 Å². The Balaban J connectivity index is 0.000000374. The summed E-state index contributed by atoms with van der Waals surface area (Å²) < 4.78 is 43.4. The minimum atomic E-state index is -4.70. The van der Waals surface area contributed by atoms with Crippen molar-refractivity contribution in [1.29, 1.82) is 0 Å². The normalized spacial score (nSPS) is 18.9. The van der Waals surface area contributed by atoms with Crippen molar-refractivity contribution in [3.8, 4) is 0 Å². The molecule has 1 aromatic carbocycles. The number of halogens is 4. The summed E-state index contributed by atoms with van der Waals surface area (Å²) in [5.41, 5.74) is -0.705. The van der Waals surface area contributed by atoms with Gasteiger partial charge in [-0.2, -0.15) is 13.2 Å². The molecule has 1 N–H and O–H groups in total. The molecular formula is C24H28BrF3N2OS2. The van der Waals surface area contributed by atoms with Gasteiger partial charge in [0.2, 0.25) is 0 Å². The molecule has 1 atom stereocenters. The number of hydrogen-bond donors (Lipinski definition) is 1. The van der Waals surface area contributed by atoms with E-state index in [0.717, 1.165) is 42.6 Å². The van der Waals surface area contributed by atoms with Crippen molar-refractivity contribution in [1.82, 2.24) is 4.31 Å². The second-order valence-electron chi connectivity index (χ2n) is 8.11. The summed E-state index contributed by atoms with van der Waals surface area (Å²) in [6.45, 7) is 6.24. The minimum absolute atomic E-state index is 0.147. The topological polar surface area (TPSA) is 26.7 Å². The predicted octanol–water partition coefficient (Wildman–Crippen LogP) is 7.39. The van der Waals surface area contributed by atoms with E-state index in [4.69, 9.17) is 0 Å². The van der Waals surface area contributed by atoms with Gasteiger partial charge in [-0.25, -0.2) is 4.31 Å². The van der Waals surface area contributed by atoms with E-state index in [2.05, 4.69) is 56.4 Å². The second kappa shape index (κ2) is 11.4. The monoisotopic (exact) mass is 560 g/mol. The molecule has 1 aromatic heterocycles. The molecule has 1 aliphatic carbocycles. The third-order valence-corrected chi connectivity index (χ3v) is 8.36. The van der Waals surface area contributed by atoms with Crippen LogP contribution >= 0.6 is 39.2 Å². The number of allylic oxidation sites excluding steroid dienone is 4. The van der Waals surface area contributed by atoms with Crippen LogP contribution in [0.1, 0.15) is 32.3 Å². The molecule has 1 aliphatic heterocycles. The fraction of sp³-hybridized carbons (Fsp3) is 0.417. The molecule has 1 unspecified atom stereocenters. The average Bonchev–Trinajstić information content (AvgIpc) is 3.19. The van der Waals surface area contributed by atoms with Gasteiger partial charge >= 0.3 is 6.18 Å². The van der Waals surface area contributed by atoms with Crippen LogP contribution in [0.2, 0.25) is 0 Å². The highest BCUT2D eigenvalue weighted by Crippen LogP contribution is 2.39. The summed E-state index contributed by atoms with van der Waals surface area (Å²) >= 11 is 6.88. The summed E-state index contributed by atoms with van der Waals surface area (Å²) in [6.07, 6.45) is 4.42. The summed E-state index contributed by atoms with van der Waals surface area (Å²) in [4.78, 5) is 2.15. The number of benzene rings is 1. The molecule has 3 nitrogen and oxygen atoms in total. The molecular weight excluding hydrogens is 533 g/mol. The second-order valence-corrected chi connectivity index (χ2v) is 12.0. The van der Waals surface area contributed by atoms with Crippen molar-refractivity contribution < 1.29 is 18.3 Å². The molecule has 1 fully saturated rings. The molecule has 180 valence electrons. The van der Waals surface area contributed by atoms with Crippen LogP contribution in [0.25, 0.3) is 0 Å². The van der Waals surface area contributed by atoms with Gasteiger partial charge in [-0.3, -0.25) is 0 Å². The smallest absolute Gasteiger partial charge is 0.376 e. The summed E-state index contributed by atoms with van der Waals surface area (Å²) in [6, 6.07) is 10.1. The van der Waals surface area contributed by atoms with Crippen LogP contribution < -0.4 is 4.90 Å². The quantitative estimate of drug-likeness (QED) is 0.394. The molecule has 0 spiro atoms. The highest BCUT2D eigenvalue weighted by molar-refractivity contribution is 9.11. The predicted molar refractivity (Wildman–Crippen MR) is 136 cm³/mol. The molecule has 0 radical (unpaired) electrons. The molecule has 4 rings (SSSR count). The molecule has 33 heavy (non-hydrogen) atoms. The first kappa shape index (κ1) is 26.3. The van der Waals surface area contributed by atoms with E-state index < -0.39 is 11.8 Å². The number of piperazine rings is 1. The minimum Gasteiger partial charge on any atom is -0.376 e. The van der Waals surface area contributed by atoms with E-state index in [1.54, 1.807) is 35.4 Å². The van der Waals surface area contributed by atoms with E-state index in [9.17, 15) is 18.3 Å². The fourth-order valence-corrected chi connectivity index (χ4v) is 6.32. The molecule has 9 heteroatoms. The van der Waals surface area contributed by atoms with Crippen molar-refractivity contribution >= 4 is 44.9 Å². The van der Waals surface area contributed by atoms with Gasteiger partial charge in [-0.05, 0) is 84.4 Å². The van der Waals surface area contributed by atoms with Gasteiger partial charge in [0.05, 0.1) is 8.00 Å². The van der Waals surface area contributed by atoms with Crippen molar-refractivity contribution in [2.45, 2.75) is 42.7 Å². The molecule has 2 aliphatic rings. The number of nitrogens with zero attached hydrogens (tertiary/aromatic N) is 2. The molecule has 0 amide bonds. The number of anilines is 1. The molecule has 0 bridgehead atoms. The van der Waals surface area contributed by atoms with Gasteiger partial charge < -0.3 is 10.0 Å². The number of alkyl halides is 3. The van der Waals surface area contributed by atoms with E-state index in [1.165, 1.54) is 34.8 Å². The highest BCUT2D eigenvalue weighted by atomic mass is 79.9. The third-order valence-electron chi connectivity index (χ3n) is 5.53. The molecule has 1 saturated heterocycles. The lowest BCUT2D eigenvalue weighted by Gasteiger charge is -2.35. The molecule has 2 aromatic rings. The van der Waals surface area contributed by atoms with Gasteiger partial charge in [0.25, 0.3) is 0 Å². The van der Waals surface area contributed by atoms with Gasteiger partial charge in [0.1, 0.15) is 0 Å². The Morgan fingerprint density at radius 1 is 1.00 bits per heavy atom. The zero-order valence-corrected chi connectivity index (χ0v) is 21.8. The highest BCUT2D eigenvalue weighted by Gasteiger charge is 2.51. The van der Waals surface area contributed by atoms with Gasteiger partial charge in [-0.1, -0.05) is 35.9 Å². The fourth-order valence-electron chi connectivity index (χ4n) is 3.42.